The van der Waals surface area contributed by atoms with E-state index >= 15 is 0 Å². The van der Waals surface area contributed by atoms with Crippen molar-refractivity contribution in [3.05, 3.63) is 0 Å². The summed E-state index contributed by atoms with van der Waals surface area (Å²) in [6.45, 7) is 2.63. The van der Waals surface area contributed by atoms with Crippen LogP contribution in [0.25, 0.3) is 0 Å². The van der Waals surface area contributed by atoms with E-state index in [0.717, 1.165) is 19.3 Å². The van der Waals surface area contributed by atoms with Gasteiger partial charge in [0.05, 0.1) is 0 Å². The molecular weight excluding hydrogens is 194 g/mol. The minimum Gasteiger partial charge on any atom is -0.369 e. The molecule has 0 radical (unpaired) electrons. The van der Waals surface area contributed by atoms with Crippen LogP contribution in [-0.2, 0) is 9.59 Å². The molecule has 0 saturated heterocycles. The van der Waals surface area contributed by atoms with Gasteiger partial charge in [0.15, 0.2) is 0 Å². The monoisotopic (exact) mass is 215 g/mol. The second kappa shape index (κ2) is 8.23. The van der Waals surface area contributed by atoms with Gasteiger partial charge in [-0.25, -0.2) is 0 Å². The predicted octanol–water partition coefficient (Wildman–Crippen LogP) is -0.257. The lowest BCUT2D eigenvalue weighted by Gasteiger charge is -2.11. The van der Waals surface area contributed by atoms with E-state index in [4.69, 9.17) is 11.5 Å². The molecule has 2 amide bonds. The molecule has 0 aliphatic rings. The number of carbonyl (C=O) groups is 2. The van der Waals surface area contributed by atoms with Crippen LogP contribution in [0.1, 0.15) is 32.6 Å². The van der Waals surface area contributed by atoms with E-state index in [1.165, 1.54) is 6.92 Å². The fourth-order valence-electron chi connectivity index (χ4n) is 1.41. The molecule has 1 atom stereocenters. The van der Waals surface area contributed by atoms with Gasteiger partial charge < -0.3 is 16.8 Å². The van der Waals surface area contributed by atoms with Gasteiger partial charge in [0, 0.05) is 19.4 Å². The highest BCUT2D eigenvalue weighted by atomic mass is 16.1. The Balaban J connectivity index is 3.53. The number of hydrogen-bond donors (Lipinski definition) is 3. The fourth-order valence-corrected chi connectivity index (χ4v) is 1.41. The summed E-state index contributed by atoms with van der Waals surface area (Å²) in [5, 5.41) is 2.70. The van der Waals surface area contributed by atoms with Crippen LogP contribution in [0.5, 0.6) is 0 Å². The van der Waals surface area contributed by atoms with Crippen LogP contribution in [0, 0.1) is 5.92 Å². The molecule has 0 aliphatic carbocycles. The molecule has 0 aromatic carbocycles. The second-order valence-corrected chi connectivity index (χ2v) is 3.66. The number of nitrogens with two attached hydrogens (primary N) is 2. The molecule has 0 fully saturated rings. The Labute approximate surface area is 90.6 Å². The minimum absolute atomic E-state index is 0.0246. The largest absolute Gasteiger partial charge is 0.369 e. The highest BCUT2D eigenvalue weighted by Gasteiger charge is 2.13. The highest BCUT2D eigenvalue weighted by molar-refractivity contribution is 5.76. The molecule has 0 saturated carbocycles. The number of hydrogen-bond acceptors (Lipinski definition) is 3. The van der Waals surface area contributed by atoms with E-state index in [9.17, 15) is 9.59 Å². The molecule has 5 N–H and O–H groups in total. The van der Waals surface area contributed by atoms with Crippen molar-refractivity contribution in [2.45, 2.75) is 32.6 Å². The molecule has 15 heavy (non-hydrogen) atoms. The zero-order chi connectivity index (χ0) is 11.7. The summed E-state index contributed by atoms with van der Waals surface area (Å²) in [7, 11) is 0. The average molecular weight is 215 g/mol. The zero-order valence-electron chi connectivity index (χ0n) is 9.29. The third-order valence-electron chi connectivity index (χ3n) is 2.27. The van der Waals surface area contributed by atoms with Crippen molar-refractivity contribution in [2.75, 3.05) is 13.1 Å². The van der Waals surface area contributed by atoms with E-state index in [1.807, 2.05) is 0 Å². The first kappa shape index (κ1) is 13.9. The molecule has 0 aliphatic heterocycles. The van der Waals surface area contributed by atoms with Gasteiger partial charge in [0.1, 0.15) is 0 Å². The zero-order valence-corrected chi connectivity index (χ0v) is 9.29. The van der Waals surface area contributed by atoms with Gasteiger partial charge in [-0.1, -0.05) is 6.42 Å². The van der Waals surface area contributed by atoms with Crippen LogP contribution in [-0.4, -0.2) is 24.9 Å². The Kier molecular flexibility index (Phi) is 7.62. The van der Waals surface area contributed by atoms with Gasteiger partial charge in [-0.3, -0.25) is 9.59 Å². The van der Waals surface area contributed by atoms with E-state index < -0.39 is 0 Å². The van der Waals surface area contributed by atoms with Gasteiger partial charge in [0.2, 0.25) is 11.8 Å². The normalized spacial score (nSPS) is 12.1. The summed E-state index contributed by atoms with van der Waals surface area (Å²) in [4.78, 5) is 21.5. The smallest absolute Gasteiger partial charge is 0.220 e. The maximum atomic E-state index is 11.0. The molecule has 0 spiro atoms. The summed E-state index contributed by atoms with van der Waals surface area (Å²) >= 11 is 0. The molecule has 0 aromatic rings. The second-order valence-electron chi connectivity index (χ2n) is 3.66. The lowest BCUT2D eigenvalue weighted by Crippen LogP contribution is -2.26. The number of rotatable bonds is 8. The minimum atomic E-state index is -0.278. The van der Waals surface area contributed by atoms with E-state index in [1.54, 1.807) is 0 Å². The Morgan fingerprint density at radius 2 is 1.93 bits per heavy atom. The van der Waals surface area contributed by atoms with Crippen LogP contribution in [0.4, 0.5) is 0 Å². The van der Waals surface area contributed by atoms with Crippen molar-refractivity contribution in [3.63, 3.8) is 0 Å². The quantitative estimate of drug-likeness (QED) is 0.487. The Morgan fingerprint density at radius 1 is 1.27 bits per heavy atom. The molecule has 88 valence electrons. The topological polar surface area (TPSA) is 98.2 Å². The lowest BCUT2D eigenvalue weighted by atomic mass is 9.98. The number of nitrogens with one attached hydrogen (secondary N) is 1. The van der Waals surface area contributed by atoms with Gasteiger partial charge in [-0.15, -0.1) is 0 Å². The molecule has 1 unspecified atom stereocenters. The van der Waals surface area contributed by atoms with Crippen LogP contribution < -0.4 is 16.8 Å². The maximum Gasteiger partial charge on any atom is 0.220 e. The molecule has 0 heterocycles. The first-order valence-electron chi connectivity index (χ1n) is 5.31. The molecule has 0 aromatic heterocycles. The summed E-state index contributed by atoms with van der Waals surface area (Å²) in [5.41, 5.74) is 10.6. The number of unbranched alkanes of at least 4 members (excludes halogenated alkanes) is 1. The Morgan fingerprint density at radius 3 is 2.40 bits per heavy atom. The summed E-state index contributed by atoms with van der Waals surface area (Å²) in [6.07, 6.45) is 3.16. The highest BCUT2D eigenvalue weighted by Crippen LogP contribution is 2.11. The molecule has 5 nitrogen and oxygen atoms in total. The van der Waals surface area contributed by atoms with Gasteiger partial charge in [0.25, 0.3) is 0 Å². The molecule has 5 heteroatoms. The van der Waals surface area contributed by atoms with Gasteiger partial charge in [-0.2, -0.15) is 0 Å². The third-order valence-corrected chi connectivity index (χ3v) is 2.27. The van der Waals surface area contributed by atoms with Crippen molar-refractivity contribution in [1.82, 2.24) is 5.32 Å². The van der Waals surface area contributed by atoms with E-state index in [0.29, 0.717) is 19.5 Å². The summed E-state index contributed by atoms with van der Waals surface area (Å²) < 4.78 is 0. The van der Waals surface area contributed by atoms with E-state index in [2.05, 4.69) is 5.32 Å². The summed E-state index contributed by atoms with van der Waals surface area (Å²) in [6, 6.07) is 0. The van der Waals surface area contributed by atoms with Crippen LogP contribution >= 0.6 is 0 Å². The van der Waals surface area contributed by atoms with Crippen molar-refractivity contribution < 1.29 is 9.59 Å². The Bertz CT molecular complexity index is 207. The molecule has 0 bridgehead atoms. The van der Waals surface area contributed by atoms with Crippen molar-refractivity contribution in [1.29, 1.82) is 0 Å². The maximum absolute atomic E-state index is 11.0. The van der Waals surface area contributed by atoms with Crippen LogP contribution in [0.15, 0.2) is 0 Å². The van der Waals surface area contributed by atoms with Gasteiger partial charge in [-0.05, 0) is 25.8 Å². The first-order chi connectivity index (χ1) is 7.07. The van der Waals surface area contributed by atoms with E-state index in [-0.39, 0.29) is 17.7 Å². The SMILES string of the molecule is CC(=O)NCCCCC(CCN)C(N)=O. The predicted molar refractivity (Wildman–Crippen MR) is 58.9 cm³/mol. The summed E-state index contributed by atoms with van der Waals surface area (Å²) in [5.74, 6) is -0.421. The van der Waals surface area contributed by atoms with Crippen LogP contribution in [0.3, 0.4) is 0 Å². The standard InChI is InChI=1S/C10H21N3O2/c1-8(14)13-7-3-2-4-9(5-6-11)10(12)15/h9H,2-7,11H2,1H3,(H2,12,15)(H,13,14). The number of primary amides is 1. The first-order valence-corrected chi connectivity index (χ1v) is 5.31. The van der Waals surface area contributed by atoms with Crippen molar-refractivity contribution in [2.24, 2.45) is 17.4 Å². The Hall–Kier alpha value is -1.10. The van der Waals surface area contributed by atoms with Crippen molar-refractivity contribution >= 4 is 11.8 Å². The van der Waals surface area contributed by atoms with Crippen LogP contribution in [0.2, 0.25) is 0 Å². The molecular formula is C10H21N3O2. The van der Waals surface area contributed by atoms with Gasteiger partial charge >= 0.3 is 0 Å². The van der Waals surface area contributed by atoms with Crippen molar-refractivity contribution in [3.8, 4) is 0 Å². The fraction of sp³-hybridized carbons (Fsp3) is 0.800. The lowest BCUT2D eigenvalue weighted by molar-refractivity contribution is -0.122. The number of carbonyl (C=O) groups excluding carboxylic acids is 2. The average Bonchev–Trinajstić information content (AvgIpc) is 2.15. The number of amides is 2. The molecule has 0 rings (SSSR count). The third kappa shape index (κ3) is 7.93.